The fourth-order valence-corrected chi connectivity index (χ4v) is 2.16. The molecule has 0 aliphatic carbocycles. The Morgan fingerprint density at radius 2 is 1.79 bits per heavy atom. The average molecular weight is 348 g/mol. The van der Waals surface area contributed by atoms with E-state index in [1.54, 1.807) is 30.3 Å². The van der Waals surface area contributed by atoms with Crippen molar-refractivity contribution < 1.29 is 14.3 Å². The van der Waals surface area contributed by atoms with E-state index < -0.39 is 0 Å². The van der Waals surface area contributed by atoms with E-state index in [1.165, 1.54) is 14.0 Å². The van der Waals surface area contributed by atoms with Gasteiger partial charge in [-0.1, -0.05) is 23.7 Å². The number of ether oxygens (including phenoxy) is 1. The van der Waals surface area contributed by atoms with Crippen LogP contribution in [0.1, 0.15) is 12.5 Å². The number of carbonyl (C=O) groups excluding carboxylic acids is 2. The van der Waals surface area contributed by atoms with Crippen molar-refractivity contribution in [2.45, 2.75) is 13.5 Å². The van der Waals surface area contributed by atoms with Gasteiger partial charge in [-0.3, -0.25) is 4.79 Å². The Balaban J connectivity index is 1.97. The third kappa shape index (κ3) is 5.17. The number of carbonyl (C=O) groups is 2. The molecule has 2 rings (SSSR count). The third-order valence-corrected chi connectivity index (χ3v) is 3.39. The number of urea groups is 1. The fraction of sp³-hybridized carbons (Fsp3) is 0.176. The molecule has 0 aliphatic heterocycles. The largest absolute Gasteiger partial charge is 0.495 e. The van der Waals surface area contributed by atoms with Crippen molar-refractivity contribution in [3.05, 3.63) is 53.1 Å². The number of nitrogens with one attached hydrogen (secondary N) is 3. The van der Waals surface area contributed by atoms with Gasteiger partial charge in [0.1, 0.15) is 5.75 Å². The van der Waals surface area contributed by atoms with Crippen LogP contribution in [-0.2, 0) is 11.3 Å². The molecular formula is C17H18ClN3O3. The van der Waals surface area contributed by atoms with Gasteiger partial charge in [-0.2, -0.15) is 0 Å². The summed E-state index contributed by atoms with van der Waals surface area (Å²) in [5.41, 5.74) is 1.96. The smallest absolute Gasteiger partial charge is 0.319 e. The summed E-state index contributed by atoms with van der Waals surface area (Å²) in [4.78, 5) is 23.2. The van der Waals surface area contributed by atoms with Crippen molar-refractivity contribution in [1.82, 2.24) is 5.32 Å². The summed E-state index contributed by atoms with van der Waals surface area (Å²) in [6, 6.07) is 11.8. The standard InChI is InChI=1S/C17H18ClN3O3/c1-11(22)20-15-9-14(7-8-16(15)24-2)21-17(23)19-10-12-3-5-13(18)6-4-12/h3-9H,10H2,1-2H3,(H,20,22)(H2,19,21,23). The Morgan fingerprint density at radius 3 is 2.42 bits per heavy atom. The summed E-state index contributed by atoms with van der Waals surface area (Å²) in [6.45, 7) is 1.77. The van der Waals surface area contributed by atoms with Gasteiger partial charge in [-0.25, -0.2) is 4.79 Å². The molecule has 0 spiro atoms. The zero-order valence-corrected chi connectivity index (χ0v) is 14.1. The number of halogens is 1. The van der Waals surface area contributed by atoms with Crippen LogP contribution in [0.15, 0.2) is 42.5 Å². The molecule has 126 valence electrons. The van der Waals surface area contributed by atoms with Gasteiger partial charge in [0.25, 0.3) is 0 Å². The minimum Gasteiger partial charge on any atom is -0.495 e. The molecule has 0 unspecified atom stereocenters. The Bertz CT molecular complexity index is 732. The molecule has 24 heavy (non-hydrogen) atoms. The topological polar surface area (TPSA) is 79.5 Å². The molecule has 0 heterocycles. The molecule has 0 radical (unpaired) electrons. The summed E-state index contributed by atoms with van der Waals surface area (Å²) in [5, 5.41) is 8.75. The molecule has 0 atom stereocenters. The Labute approximate surface area is 145 Å². The highest BCUT2D eigenvalue weighted by molar-refractivity contribution is 6.30. The monoisotopic (exact) mass is 347 g/mol. The molecule has 0 bridgehead atoms. The maximum Gasteiger partial charge on any atom is 0.319 e. The first-order valence-electron chi connectivity index (χ1n) is 7.23. The number of hydrogen-bond acceptors (Lipinski definition) is 3. The van der Waals surface area contributed by atoms with E-state index >= 15 is 0 Å². The van der Waals surface area contributed by atoms with E-state index in [0.29, 0.717) is 28.7 Å². The van der Waals surface area contributed by atoms with Gasteiger partial charge in [0.15, 0.2) is 0 Å². The lowest BCUT2D eigenvalue weighted by atomic mass is 10.2. The predicted octanol–water partition coefficient (Wildman–Crippen LogP) is 3.63. The number of hydrogen-bond donors (Lipinski definition) is 3. The first-order valence-corrected chi connectivity index (χ1v) is 7.60. The molecule has 3 amide bonds. The maximum absolute atomic E-state index is 12.0. The van der Waals surface area contributed by atoms with Gasteiger partial charge < -0.3 is 20.7 Å². The summed E-state index contributed by atoms with van der Waals surface area (Å²) in [5.74, 6) is 0.287. The molecule has 0 aliphatic rings. The first kappa shape index (κ1) is 17.6. The highest BCUT2D eigenvalue weighted by atomic mass is 35.5. The molecule has 6 nitrogen and oxygen atoms in total. The Morgan fingerprint density at radius 1 is 1.08 bits per heavy atom. The summed E-state index contributed by atoms with van der Waals surface area (Å²) in [6.07, 6.45) is 0. The molecule has 2 aromatic rings. The summed E-state index contributed by atoms with van der Waals surface area (Å²) in [7, 11) is 1.51. The van der Waals surface area contributed by atoms with Crippen LogP contribution in [0.5, 0.6) is 5.75 Å². The maximum atomic E-state index is 12.0. The van der Waals surface area contributed by atoms with Gasteiger partial charge in [-0.05, 0) is 35.9 Å². The Kier molecular flexibility index (Phi) is 6.03. The number of anilines is 2. The van der Waals surface area contributed by atoms with Crippen molar-refractivity contribution >= 4 is 34.9 Å². The van der Waals surface area contributed by atoms with Crippen LogP contribution in [0.2, 0.25) is 5.02 Å². The zero-order chi connectivity index (χ0) is 17.5. The molecule has 2 aromatic carbocycles. The SMILES string of the molecule is COc1ccc(NC(=O)NCc2ccc(Cl)cc2)cc1NC(C)=O. The van der Waals surface area contributed by atoms with Gasteiger partial charge in [-0.15, -0.1) is 0 Å². The lowest BCUT2D eigenvalue weighted by molar-refractivity contribution is -0.114. The van der Waals surface area contributed by atoms with Gasteiger partial charge in [0.2, 0.25) is 5.91 Å². The zero-order valence-electron chi connectivity index (χ0n) is 13.4. The van der Waals surface area contributed by atoms with Crippen molar-refractivity contribution in [2.24, 2.45) is 0 Å². The third-order valence-electron chi connectivity index (χ3n) is 3.13. The number of amides is 3. The van der Waals surface area contributed by atoms with E-state index in [-0.39, 0.29) is 11.9 Å². The van der Waals surface area contributed by atoms with Crippen LogP contribution in [0.3, 0.4) is 0 Å². The van der Waals surface area contributed by atoms with Gasteiger partial charge in [0, 0.05) is 24.2 Å². The van der Waals surface area contributed by atoms with Gasteiger partial charge in [0.05, 0.1) is 12.8 Å². The summed E-state index contributed by atoms with van der Waals surface area (Å²) >= 11 is 5.82. The minimum absolute atomic E-state index is 0.224. The molecule has 0 aromatic heterocycles. The molecule has 0 fully saturated rings. The molecule has 0 saturated carbocycles. The van der Waals surface area contributed by atoms with Crippen LogP contribution < -0.4 is 20.7 Å². The average Bonchev–Trinajstić information content (AvgIpc) is 2.54. The molecule has 7 heteroatoms. The van der Waals surface area contributed by atoms with Crippen molar-refractivity contribution in [2.75, 3.05) is 17.7 Å². The first-order chi connectivity index (χ1) is 11.5. The highest BCUT2D eigenvalue weighted by Crippen LogP contribution is 2.27. The van der Waals surface area contributed by atoms with E-state index in [9.17, 15) is 9.59 Å². The van der Waals surface area contributed by atoms with E-state index in [0.717, 1.165) is 5.56 Å². The number of methoxy groups -OCH3 is 1. The summed E-state index contributed by atoms with van der Waals surface area (Å²) < 4.78 is 5.17. The predicted molar refractivity (Wildman–Crippen MR) is 94.6 cm³/mol. The molecular weight excluding hydrogens is 330 g/mol. The second kappa shape index (κ2) is 8.21. The lowest BCUT2D eigenvalue weighted by Crippen LogP contribution is -2.28. The number of benzene rings is 2. The fourth-order valence-electron chi connectivity index (χ4n) is 2.03. The van der Waals surface area contributed by atoms with Gasteiger partial charge >= 0.3 is 6.03 Å². The quantitative estimate of drug-likeness (QED) is 0.772. The number of rotatable bonds is 5. The van der Waals surface area contributed by atoms with Crippen molar-refractivity contribution in [3.8, 4) is 5.75 Å². The van der Waals surface area contributed by atoms with Crippen LogP contribution in [0.25, 0.3) is 0 Å². The minimum atomic E-state index is -0.358. The van der Waals surface area contributed by atoms with Crippen LogP contribution >= 0.6 is 11.6 Å². The van der Waals surface area contributed by atoms with Crippen LogP contribution in [0, 0.1) is 0 Å². The van der Waals surface area contributed by atoms with E-state index in [2.05, 4.69) is 16.0 Å². The molecule has 3 N–H and O–H groups in total. The second-order valence-corrected chi connectivity index (χ2v) is 5.47. The van der Waals surface area contributed by atoms with E-state index in [4.69, 9.17) is 16.3 Å². The normalized spacial score (nSPS) is 9.96. The highest BCUT2D eigenvalue weighted by Gasteiger charge is 2.08. The van der Waals surface area contributed by atoms with Crippen LogP contribution in [-0.4, -0.2) is 19.0 Å². The second-order valence-electron chi connectivity index (χ2n) is 5.03. The van der Waals surface area contributed by atoms with Crippen molar-refractivity contribution in [1.29, 1.82) is 0 Å². The lowest BCUT2D eigenvalue weighted by Gasteiger charge is -2.12. The van der Waals surface area contributed by atoms with Crippen LogP contribution in [0.4, 0.5) is 16.2 Å². The Hall–Kier alpha value is -2.73. The van der Waals surface area contributed by atoms with Crippen molar-refractivity contribution in [3.63, 3.8) is 0 Å². The molecule has 0 saturated heterocycles. The van der Waals surface area contributed by atoms with E-state index in [1.807, 2.05) is 12.1 Å².